The van der Waals surface area contributed by atoms with E-state index in [4.69, 9.17) is 11.6 Å². The Labute approximate surface area is 188 Å². The van der Waals surface area contributed by atoms with Gasteiger partial charge in [-0.2, -0.15) is 5.10 Å². The number of aryl methyl sites for hydroxylation is 2. The zero-order valence-corrected chi connectivity index (χ0v) is 18.2. The number of aliphatic hydroxyl groups excluding tert-OH is 1. The molecule has 0 aliphatic carbocycles. The first-order chi connectivity index (χ1) is 15.4. The molecule has 3 aromatic rings. The highest BCUT2D eigenvalue weighted by Gasteiger charge is 2.18. The summed E-state index contributed by atoms with van der Waals surface area (Å²) >= 11 is 5.75. The molecule has 10 heteroatoms. The minimum Gasteiger partial charge on any atom is -0.394 e. The number of aliphatic hydroxyl groups is 1. The van der Waals surface area contributed by atoms with E-state index >= 15 is 0 Å². The second kappa shape index (κ2) is 8.97. The lowest BCUT2D eigenvalue weighted by Gasteiger charge is -2.22. The lowest BCUT2D eigenvalue weighted by atomic mass is 10.1. The highest BCUT2D eigenvalue weighted by molar-refractivity contribution is 6.30. The molecule has 166 valence electrons. The van der Waals surface area contributed by atoms with Crippen molar-refractivity contribution in [3.05, 3.63) is 92.9 Å². The monoisotopic (exact) mass is 456 g/mol. The van der Waals surface area contributed by atoms with Gasteiger partial charge in [0.2, 0.25) is 0 Å². The van der Waals surface area contributed by atoms with Gasteiger partial charge in [0, 0.05) is 36.6 Å². The molecule has 0 saturated heterocycles. The summed E-state index contributed by atoms with van der Waals surface area (Å²) in [5, 5.41) is 20.4. The molecule has 1 aliphatic rings. The normalized spacial score (nSPS) is 16.4. The second-order valence-corrected chi connectivity index (χ2v) is 7.80. The molecule has 2 atom stereocenters. The van der Waals surface area contributed by atoms with Crippen molar-refractivity contribution >= 4 is 23.1 Å². The van der Waals surface area contributed by atoms with Crippen LogP contribution in [0.15, 0.2) is 64.8 Å². The predicted octanol–water partition coefficient (Wildman–Crippen LogP) is 2.57. The Hall–Kier alpha value is -3.43. The van der Waals surface area contributed by atoms with Crippen molar-refractivity contribution in [2.45, 2.75) is 19.3 Å². The number of nitrogens with one attached hydrogen (secondary N) is 2. The average molecular weight is 457 g/mol. The lowest BCUT2D eigenvalue weighted by Crippen LogP contribution is -2.35. The standard InChI is InChI=1S/C22H22ClFN6O2/c1-13-11-26-29(2)21(13)28-22-25-7-5-18(27-22)14-6-8-30(20(32)10-14)19(12-31)15-3-4-16(23)17(24)9-15/h3-11,19,22,25,28,31H,12H2,1-2H3/t19-,22?/m1/s1. The summed E-state index contributed by atoms with van der Waals surface area (Å²) in [4.78, 5) is 17.5. The number of anilines is 1. The van der Waals surface area contributed by atoms with Gasteiger partial charge in [0.1, 0.15) is 11.6 Å². The van der Waals surface area contributed by atoms with Gasteiger partial charge in [-0.3, -0.25) is 9.48 Å². The summed E-state index contributed by atoms with van der Waals surface area (Å²) in [6.45, 7) is 1.57. The van der Waals surface area contributed by atoms with Crippen LogP contribution in [-0.2, 0) is 7.05 Å². The Balaban J connectivity index is 1.60. The van der Waals surface area contributed by atoms with Crippen LogP contribution in [-0.4, -0.2) is 38.1 Å². The number of aromatic nitrogens is 3. The molecule has 1 unspecified atom stereocenters. The van der Waals surface area contributed by atoms with E-state index in [0.717, 1.165) is 11.4 Å². The van der Waals surface area contributed by atoms with Crippen LogP contribution in [0.4, 0.5) is 10.2 Å². The molecule has 2 aromatic heterocycles. The van der Waals surface area contributed by atoms with Crippen molar-refractivity contribution in [3.8, 4) is 0 Å². The first kappa shape index (κ1) is 21.8. The van der Waals surface area contributed by atoms with E-state index < -0.39 is 18.1 Å². The zero-order chi connectivity index (χ0) is 22.8. The predicted molar refractivity (Wildman–Crippen MR) is 122 cm³/mol. The van der Waals surface area contributed by atoms with Crippen molar-refractivity contribution in [3.63, 3.8) is 0 Å². The number of hydrogen-bond donors (Lipinski definition) is 3. The smallest absolute Gasteiger partial charge is 0.251 e. The quantitative estimate of drug-likeness (QED) is 0.529. The Kier molecular flexibility index (Phi) is 6.11. The highest BCUT2D eigenvalue weighted by Crippen LogP contribution is 2.22. The number of halogens is 2. The van der Waals surface area contributed by atoms with Crippen LogP contribution < -0.4 is 16.2 Å². The molecule has 1 aromatic carbocycles. The largest absolute Gasteiger partial charge is 0.394 e. The van der Waals surface area contributed by atoms with E-state index in [0.29, 0.717) is 16.8 Å². The maximum atomic E-state index is 13.9. The summed E-state index contributed by atoms with van der Waals surface area (Å²) in [6.07, 6.45) is 6.41. The van der Waals surface area contributed by atoms with Crippen molar-refractivity contribution < 1.29 is 9.50 Å². The fraction of sp³-hybridized carbons (Fsp3) is 0.227. The molecule has 0 radical (unpaired) electrons. The molecular weight excluding hydrogens is 435 g/mol. The van der Waals surface area contributed by atoms with Gasteiger partial charge in [-0.25, -0.2) is 9.38 Å². The zero-order valence-electron chi connectivity index (χ0n) is 17.5. The minimum absolute atomic E-state index is 0.0201. The Morgan fingerprint density at radius 1 is 1.34 bits per heavy atom. The van der Waals surface area contributed by atoms with Crippen molar-refractivity contribution in [1.82, 2.24) is 19.7 Å². The van der Waals surface area contributed by atoms with Gasteiger partial charge in [-0.1, -0.05) is 17.7 Å². The van der Waals surface area contributed by atoms with Crippen LogP contribution >= 0.6 is 11.6 Å². The number of pyridine rings is 1. The summed E-state index contributed by atoms with van der Waals surface area (Å²) in [7, 11) is 1.84. The van der Waals surface area contributed by atoms with Gasteiger partial charge >= 0.3 is 0 Å². The van der Waals surface area contributed by atoms with E-state index in [1.54, 1.807) is 41.5 Å². The van der Waals surface area contributed by atoms with Crippen molar-refractivity contribution in [1.29, 1.82) is 0 Å². The average Bonchev–Trinajstić information content (AvgIpc) is 3.10. The topological polar surface area (TPSA) is 96.5 Å². The van der Waals surface area contributed by atoms with Crippen molar-refractivity contribution in [2.24, 2.45) is 12.0 Å². The van der Waals surface area contributed by atoms with Crippen LogP contribution in [0.1, 0.15) is 22.7 Å². The SMILES string of the molecule is Cc1cnn(C)c1NC1N=C(c2ccn([C@H](CO)c3ccc(Cl)c(F)c3)c(=O)c2)C=CN1. The number of hydrogen-bond acceptors (Lipinski definition) is 6. The van der Waals surface area contributed by atoms with Crippen LogP contribution in [0.5, 0.6) is 0 Å². The number of rotatable bonds is 6. The van der Waals surface area contributed by atoms with Gasteiger partial charge in [-0.05, 0) is 36.8 Å². The maximum Gasteiger partial charge on any atom is 0.251 e. The van der Waals surface area contributed by atoms with Gasteiger partial charge in [0.15, 0.2) is 6.29 Å². The minimum atomic E-state index is -0.740. The summed E-state index contributed by atoms with van der Waals surface area (Å²) < 4.78 is 17.0. The number of aliphatic imine (C=N–C) groups is 1. The summed E-state index contributed by atoms with van der Waals surface area (Å²) in [6, 6.07) is 6.64. The Morgan fingerprint density at radius 2 is 2.16 bits per heavy atom. The third-order valence-corrected chi connectivity index (χ3v) is 5.55. The van der Waals surface area contributed by atoms with Crippen LogP contribution in [0.25, 0.3) is 0 Å². The molecule has 0 saturated carbocycles. The fourth-order valence-electron chi connectivity index (χ4n) is 3.55. The third-order valence-electron chi connectivity index (χ3n) is 5.24. The summed E-state index contributed by atoms with van der Waals surface area (Å²) in [5.41, 5.74) is 2.31. The first-order valence-corrected chi connectivity index (χ1v) is 10.3. The number of allylic oxidation sites excluding steroid dienone is 1. The second-order valence-electron chi connectivity index (χ2n) is 7.39. The van der Waals surface area contributed by atoms with Gasteiger partial charge < -0.3 is 20.3 Å². The molecule has 0 spiro atoms. The highest BCUT2D eigenvalue weighted by atomic mass is 35.5. The lowest BCUT2D eigenvalue weighted by molar-refractivity contribution is 0.246. The molecule has 3 N–H and O–H groups in total. The summed E-state index contributed by atoms with van der Waals surface area (Å²) in [5.74, 6) is 0.223. The van der Waals surface area contributed by atoms with Gasteiger partial charge in [0.25, 0.3) is 5.56 Å². The molecule has 32 heavy (non-hydrogen) atoms. The molecule has 3 heterocycles. The molecule has 1 aliphatic heterocycles. The number of benzene rings is 1. The molecule has 0 bridgehead atoms. The van der Waals surface area contributed by atoms with E-state index in [2.05, 4.69) is 20.7 Å². The maximum absolute atomic E-state index is 13.9. The van der Waals surface area contributed by atoms with Crippen LogP contribution in [0, 0.1) is 12.7 Å². The Bertz CT molecular complexity index is 1250. The van der Waals surface area contributed by atoms with E-state index in [-0.39, 0.29) is 17.2 Å². The van der Waals surface area contributed by atoms with Crippen LogP contribution in [0.2, 0.25) is 5.02 Å². The van der Waals surface area contributed by atoms with Crippen LogP contribution in [0.3, 0.4) is 0 Å². The third kappa shape index (κ3) is 4.30. The Morgan fingerprint density at radius 3 is 2.81 bits per heavy atom. The molecule has 0 amide bonds. The van der Waals surface area contributed by atoms with E-state index in [9.17, 15) is 14.3 Å². The molecule has 8 nitrogen and oxygen atoms in total. The van der Waals surface area contributed by atoms with Crippen molar-refractivity contribution in [2.75, 3.05) is 11.9 Å². The van der Waals surface area contributed by atoms with E-state index in [1.165, 1.54) is 22.8 Å². The fourth-order valence-corrected chi connectivity index (χ4v) is 3.66. The molecular formula is C22H22ClFN6O2. The van der Waals surface area contributed by atoms with Gasteiger partial charge in [-0.15, -0.1) is 0 Å². The number of nitrogens with zero attached hydrogens (tertiary/aromatic N) is 4. The van der Waals surface area contributed by atoms with E-state index in [1.807, 2.05) is 14.0 Å². The molecule has 4 rings (SSSR count). The molecule has 0 fully saturated rings. The first-order valence-electron chi connectivity index (χ1n) is 9.91. The van der Waals surface area contributed by atoms with Gasteiger partial charge in [0.05, 0.1) is 29.6 Å².